The molecule has 3 heterocycles. The Kier molecular flexibility index (Phi) is 4.47. The number of nitrogens with zero attached hydrogens (tertiary/aromatic N) is 4. The molecule has 0 radical (unpaired) electrons. The zero-order valence-electron chi connectivity index (χ0n) is 15.7. The lowest BCUT2D eigenvalue weighted by molar-refractivity contribution is -0.111. The molecule has 0 saturated heterocycles. The summed E-state index contributed by atoms with van der Waals surface area (Å²) in [5.41, 5.74) is 5.43. The molecule has 27 heavy (non-hydrogen) atoms. The molecule has 0 spiro atoms. The first kappa shape index (κ1) is 17.4. The minimum atomic E-state index is -0.579. The van der Waals surface area contributed by atoms with E-state index in [1.165, 1.54) is 0 Å². The van der Waals surface area contributed by atoms with Gasteiger partial charge in [0, 0.05) is 37.9 Å². The Morgan fingerprint density at radius 2 is 1.89 bits per heavy atom. The van der Waals surface area contributed by atoms with Gasteiger partial charge in [-0.3, -0.25) is 9.67 Å². The van der Waals surface area contributed by atoms with Gasteiger partial charge in [0.15, 0.2) is 5.82 Å². The van der Waals surface area contributed by atoms with E-state index in [4.69, 9.17) is 14.5 Å². The highest BCUT2D eigenvalue weighted by Crippen LogP contribution is 2.33. The number of methoxy groups -OCH3 is 2. The predicted molar refractivity (Wildman–Crippen MR) is 103 cm³/mol. The van der Waals surface area contributed by atoms with Crippen LogP contribution >= 0.6 is 0 Å². The molecule has 4 aromatic rings. The van der Waals surface area contributed by atoms with Crippen LogP contribution in [0.15, 0.2) is 42.6 Å². The van der Waals surface area contributed by atoms with Crippen LogP contribution in [0, 0.1) is 6.92 Å². The summed E-state index contributed by atoms with van der Waals surface area (Å²) in [6.45, 7) is 1.97. The van der Waals surface area contributed by atoms with Crippen molar-refractivity contribution in [3.05, 3.63) is 54.1 Å². The van der Waals surface area contributed by atoms with E-state index in [1.54, 1.807) is 14.2 Å². The summed E-state index contributed by atoms with van der Waals surface area (Å²) in [5.74, 6) is 0.597. The van der Waals surface area contributed by atoms with E-state index in [0.717, 1.165) is 39.2 Å². The van der Waals surface area contributed by atoms with Crippen LogP contribution < -0.4 is 0 Å². The molecule has 0 bridgehead atoms. The van der Waals surface area contributed by atoms with Crippen molar-refractivity contribution in [2.24, 2.45) is 7.05 Å². The summed E-state index contributed by atoms with van der Waals surface area (Å²) >= 11 is 0. The fraction of sp³-hybridized carbons (Fsp3) is 0.250. The summed E-state index contributed by atoms with van der Waals surface area (Å²) in [5, 5.41) is 5.37. The molecule has 0 amide bonds. The van der Waals surface area contributed by atoms with Crippen LogP contribution in [0.5, 0.6) is 0 Å². The first-order chi connectivity index (χ1) is 13.1. The first-order valence-electron chi connectivity index (χ1n) is 8.62. The molecule has 7 heteroatoms. The number of aryl methyl sites for hydroxylation is 2. The molecule has 0 unspecified atom stereocenters. The second-order valence-corrected chi connectivity index (χ2v) is 6.35. The Morgan fingerprint density at radius 1 is 1.07 bits per heavy atom. The Morgan fingerprint density at radius 3 is 2.63 bits per heavy atom. The predicted octanol–water partition coefficient (Wildman–Crippen LogP) is 3.63. The van der Waals surface area contributed by atoms with Crippen molar-refractivity contribution < 1.29 is 9.47 Å². The van der Waals surface area contributed by atoms with E-state index in [1.807, 2.05) is 55.2 Å². The van der Waals surface area contributed by atoms with Crippen LogP contribution in [-0.2, 0) is 16.5 Å². The number of aromatic nitrogens is 5. The molecule has 0 atom stereocenters. The largest absolute Gasteiger partial charge is 0.349 e. The molecule has 7 nitrogen and oxygen atoms in total. The van der Waals surface area contributed by atoms with Gasteiger partial charge in [0.25, 0.3) is 0 Å². The molecular weight excluding hydrogens is 342 g/mol. The lowest BCUT2D eigenvalue weighted by Gasteiger charge is -2.09. The molecule has 0 aliphatic carbocycles. The van der Waals surface area contributed by atoms with E-state index in [9.17, 15) is 0 Å². The Bertz CT molecular complexity index is 1090. The number of fused-ring (bicyclic) bond motifs is 1. The van der Waals surface area contributed by atoms with Crippen molar-refractivity contribution in [2.75, 3.05) is 14.2 Å². The normalized spacial score (nSPS) is 11.6. The highest BCUT2D eigenvalue weighted by Gasteiger charge is 2.21. The topological polar surface area (TPSA) is 77.8 Å². The molecule has 1 aromatic carbocycles. The van der Waals surface area contributed by atoms with E-state index in [2.05, 4.69) is 21.1 Å². The number of nitrogens with one attached hydrogen (secondary N) is 1. The number of H-pyrrole nitrogens is 1. The summed E-state index contributed by atoms with van der Waals surface area (Å²) in [6, 6.07) is 12.1. The molecule has 138 valence electrons. The Hall–Kier alpha value is -3.03. The number of aromatic amines is 1. The van der Waals surface area contributed by atoms with Crippen molar-refractivity contribution in [1.82, 2.24) is 24.7 Å². The zero-order chi connectivity index (χ0) is 19.0. The van der Waals surface area contributed by atoms with Crippen LogP contribution in [0.25, 0.3) is 33.5 Å². The van der Waals surface area contributed by atoms with E-state index >= 15 is 0 Å². The van der Waals surface area contributed by atoms with Gasteiger partial charge in [-0.25, -0.2) is 4.98 Å². The summed E-state index contributed by atoms with van der Waals surface area (Å²) in [6.07, 6.45) is 1.27. The number of benzene rings is 1. The maximum absolute atomic E-state index is 5.37. The summed E-state index contributed by atoms with van der Waals surface area (Å²) in [4.78, 5) is 12.8. The fourth-order valence-electron chi connectivity index (χ4n) is 3.21. The standard InChI is InChI=1S/C20H21N5O2/c1-12-6-5-7-15(22-12)18-17(23-19(24-18)20(26-3)27-4)13-8-9-16-14(10-13)11-21-25(16)2/h5-11,20H,1-4H3,(H,23,24). The third-order valence-corrected chi connectivity index (χ3v) is 4.54. The fourth-order valence-corrected chi connectivity index (χ4v) is 3.21. The van der Waals surface area contributed by atoms with Crippen molar-refractivity contribution >= 4 is 10.9 Å². The Balaban J connectivity index is 1.91. The van der Waals surface area contributed by atoms with Gasteiger partial charge in [0.05, 0.1) is 28.8 Å². The SMILES string of the molecule is COC(OC)c1nc(-c2ccc3c(cnn3C)c2)c(-c2cccc(C)n2)[nH]1. The number of imidazole rings is 1. The van der Waals surface area contributed by atoms with Gasteiger partial charge in [-0.05, 0) is 31.2 Å². The third-order valence-electron chi connectivity index (χ3n) is 4.54. The monoisotopic (exact) mass is 363 g/mol. The number of hydrogen-bond donors (Lipinski definition) is 1. The minimum Gasteiger partial charge on any atom is -0.349 e. The van der Waals surface area contributed by atoms with Gasteiger partial charge in [-0.15, -0.1) is 0 Å². The lowest BCUT2D eigenvalue weighted by atomic mass is 10.1. The molecule has 0 aliphatic rings. The molecule has 3 aromatic heterocycles. The molecule has 1 N–H and O–H groups in total. The first-order valence-corrected chi connectivity index (χ1v) is 8.62. The smallest absolute Gasteiger partial charge is 0.216 e. The van der Waals surface area contributed by atoms with Crippen LogP contribution in [-0.4, -0.2) is 39.0 Å². The highest BCUT2D eigenvalue weighted by atomic mass is 16.7. The van der Waals surface area contributed by atoms with E-state index < -0.39 is 6.29 Å². The quantitative estimate of drug-likeness (QED) is 0.548. The van der Waals surface area contributed by atoms with Gasteiger partial charge >= 0.3 is 0 Å². The van der Waals surface area contributed by atoms with Crippen LogP contribution in [0.3, 0.4) is 0 Å². The second kappa shape index (κ2) is 6.94. The third kappa shape index (κ3) is 3.11. The van der Waals surface area contributed by atoms with Gasteiger partial charge < -0.3 is 14.5 Å². The zero-order valence-corrected chi connectivity index (χ0v) is 15.7. The lowest BCUT2D eigenvalue weighted by Crippen LogP contribution is -2.05. The van der Waals surface area contributed by atoms with Crippen LogP contribution in [0.1, 0.15) is 17.8 Å². The van der Waals surface area contributed by atoms with Crippen molar-refractivity contribution in [2.45, 2.75) is 13.2 Å². The number of ether oxygens (including phenoxy) is 2. The number of pyridine rings is 1. The molecule has 0 saturated carbocycles. The van der Waals surface area contributed by atoms with Crippen molar-refractivity contribution in [1.29, 1.82) is 0 Å². The molecule has 0 fully saturated rings. The van der Waals surface area contributed by atoms with Crippen molar-refractivity contribution in [3.63, 3.8) is 0 Å². The Labute approximate surface area is 157 Å². The summed E-state index contributed by atoms with van der Waals surface area (Å²) in [7, 11) is 5.10. The maximum Gasteiger partial charge on any atom is 0.216 e. The molecular formula is C20H21N5O2. The number of hydrogen-bond acceptors (Lipinski definition) is 5. The average Bonchev–Trinajstić information content (AvgIpc) is 3.27. The van der Waals surface area contributed by atoms with Gasteiger partial charge in [-0.1, -0.05) is 12.1 Å². The average molecular weight is 363 g/mol. The van der Waals surface area contributed by atoms with Gasteiger partial charge in [-0.2, -0.15) is 5.10 Å². The van der Waals surface area contributed by atoms with Gasteiger partial charge in [0.2, 0.25) is 6.29 Å². The van der Waals surface area contributed by atoms with Crippen LogP contribution in [0.2, 0.25) is 0 Å². The minimum absolute atomic E-state index is 0.579. The van der Waals surface area contributed by atoms with Crippen molar-refractivity contribution in [3.8, 4) is 22.6 Å². The number of rotatable bonds is 5. The van der Waals surface area contributed by atoms with E-state index in [-0.39, 0.29) is 0 Å². The maximum atomic E-state index is 5.37. The second-order valence-electron chi connectivity index (χ2n) is 6.35. The molecule has 0 aliphatic heterocycles. The molecule has 4 rings (SSSR count). The highest BCUT2D eigenvalue weighted by molar-refractivity contribution is 5.87. The van der Waals surface area contributed by atoms with Gasteiger partial charge in [0.1, 0.15) is 0 Å². The van der Waals surface area contributed by atoms with E-state index in [0.29, 0.717) is 5.82 Å². The summed E-state index contributed by atoms with van der Waals surface area (Å²) < 4.78 is 12.6. The van der Waals surface area contributed by atoms with Crippen LogP contribution in [0.4, 0.5) is 0 Å².